The van der Waals surface area contributed by atoms with Crippen molar-refractivity contribution in [2.45, 2.75) is 45.5 Å². The van der Waals surface area contributed by atoms with Crippen LogP contribution >= 0.6 is 22.6 Å². The molecular formula is C64H60IN3O. The summed E-state index contributed by atoms with van der Waals surface area (Å²) in [5.74, 6) is 0.837. The molecule has 4 nitrogen and oxygen atoms in total. The molecule has 0 aliphatic rings. The van der Waals surface area contributed by atoms with Gasteiger partial charge in [-0.1, -0.05) is 161 Å². The van der Waals surface area contributed by atoms with Crippen LogP contribution in [0.15, 0.2) is 212 Å². The number of methoxy groups -OCH3 is 1. The van der Waals surface area contributed by atoms with Crippen LogP contribution in [0.5, 0.6) is 5.75 Å². The van der Waals surface area contributed by atoms with Gasteiger partial charge in [-0.05, 0) is 179 Å². The largest absolute Gasteiger partial charge is 0.497 e. The number of rotatable bonds is 16. The maximum Gasteiger partial charge on any atom is 0.119 e. The van der Waals surface area contributed by atoms with E-state index in [0.29, 0.717) is 3.92 Å². The van der Waals surface area contributed by atoms with Crippen LogP contribution in [0, 0.1) is 27.7 Å². The second-order valence-electron chi connectivity index (χ2n) is 17.4. The number of allylic oxidation sites excluding steroid dienone is 3. The lowest BCUT2D eigenvalue weighted by Gasteiger charge is -2.27. The molecule has 0 radical (unpaired) electrons. The van der Waals surface area contributed by atoms with Crippen LogP contribution in [0.25, 0.3) is 24.3 Å². The molecular weight excluding hydrogens is 954 g/mol. The standard InChI is InChI=1S/C64H60IN3O/c1-8-55(34-15-50(6)65)66(56-28-9-46(2)10-29-56)59-35-20-51(21-36-59)16-18-53-24-39-61(40-25-53)68(64-44-43-63(69-7)45-49(64)5)62-41-26-54(27-42-62)19-17-52-22-37-60(38-23-52)67(57-30-11-47(3)12-31-57)58-32-13-48(4)14-33-58/h8-45,50H,1-7H3/b18-16+,19-17+,34-15-,55-8+. The monoisotopic (exact) mass is 1010 g/mol. The van der Waals surface area contributed by atoms with Crippen molar-refractivity contribution >= 4 is 92.4 Å². The number of halogens is 1. The fourth-order valence-corrected chi connectivity index (χ4v) is 8.47. The van der Waals surface area contributed by atoms with Crippen molar-refractivity contribution < 1.29 is 4.74 Å². The molecule has 0 aliphatic heterocycles. The first-order valence-electron chi connectivity index (χ1n) is 23.6. The Kier molecular flexibility index (Phi) is 15.8. The zero-order chi connectivity index (χ0) is 48.3. The summed E-state index contributed by atoms with van der Waals surface area (Å²) in [6.45, 7) is 12.8. The Bertz CT molecular complexity index is 3010. The number of ether oxygens (including phenoxy) is 1. The zero-order valence-corrected chi connectivity index (χ0v) is 42.8. The molecule has 1 unspecified atom stereocenters. The summed E-state index contributed by atoms with van der Waals surface area (Å²) >= 11 is 2.44. The summed E-state index contributed by atoms with van der Waals surface area (Å²) in [6, 6.07) is 67.5. The molecule has 0 saturated heterocycles. The van der Waals surface area contributed by atoms with Crippen LogP contribution in [0.2, 0.25) is 0 Å². The van der Waals surface area contributed by atoms with Gasteiger partial charge < -0.3 is 19.4 Å². The van der Waals surface area contributed by atoms with Crippen LogP contribution in [-0.4, -0.2) is 11.0 Å². The van der Waals surface area contributed by atoms with Crippen molar-refractivity contribution in [3.63, 3.8) is 0 Å². The molecule has 344 valence electrons. The first-order chi connectivity index (χ1) is 33.5. The highest BCUT2D eigenvalue weighted by molar-refractivity contribution is 14.1. The van der Waals surface area contributed by atoms with E-state index in [9.17, 15) is 0 Å². The Labute approximate surface area is 424 Å². The summed E-state index contributed by atoms with van der Waals surface area (Å²) in [7, 11) is 1.71. The van der Waals surface area contributed by atoms with E-state index in [0.717, 1.165) is 84.8 Å². The Morgan fingerprint density at radius 2 is 0.783 bits per heavy atom. The molecule has 0 spiro atoms. The van der Waals surface area contributed by atoms with E-state index in [1.165, 1.54) is 16.7 Å². The van der Waals surface area contributed by atoms with Crippen LogP contribution < -0.4 is 19.4 Å². The first-order valence-corrected chi connectivity index (χ1v) is 24.8. The quantitative estimate of drug-likeness (QED) is 0.0415. The Morgan fingerprint density at radius 3 is 1.12 bits per heavy atom. The van der Waals surface area contributed by atoms with Gasteiger partial charge >= 0.3 is 0 Å². The van der Waals surface area contributed by atoms with Gasteiger partial charge in [0.2, 0.25) is 0 Å². The predicted octanol–water partition coefficient (Wildman–Crippen LogP) is 18.6. The Hall–Kier alpha value is -7.35. The van der Waals surface area contributed by atoms with Gasteiger partial charge in [0.25, 0.3) is 0 Å². The molecule has 0 aliphatic carbocycles. The lowest BCUT2D eigenvalue weighted by Crippen LogP contribution is -2.15. The van der Waals surface area contributed by atoms with Gasteiger partial charge in [-0.25, -0.2) is 0 Å². The molecule has 0 saturated carbocycles. The molecule has 0 amide bonds. The molecule has 8 aromatic rings. The van der Waals surface area contributed by atoms with Crippen molar-refractivity contribution in [2.24, 2.45) is 0 Å². The third-order valence-electron chi connectivity index (χ3n) is 12.1. The summed E-state index contributed by atoms with van der Waals surface area (Å²) in [5, 5.41) is 0. The summed E-state index contributed by atoms with van der Waals surface area (Å²) < 4.78 is 6.03. The third-order valence-corrected chi connectivity index (χ3v) is 12.6. The molecule has 0 N–H and O–H groups in total. The van der Waals surface area contributed by atoms with Gasteiger partial charge in [0, 0.05) is 55.1 Å². The normalized spacial score (nSPS) is 12.2. The van der Waals surface area contributed by atoms with Gasteiger partial charge in [0.15, 0.2) is 0 Å². The van der Waals surface area contributed by atoms with Crippen LogP contribution in [-0.2, 0) is 0 Å². The van der Waals surface area contributed by atoms with Gasteiger partial charge in [-0.3, -0.25) is 0 Å². The first kappa shape index (κ1) is 48.1. The molecule has 69 heavy (non-hydrogen) atoms. The van der Waals surface area contributed by atoms with Gasteiger partial charge in [-0.2, -0.15) is 0 Å². The number of nitrogens with zero attached hydrogens (tertiary/aromatic N) is 3. The van der Waals surface area contributed by atoms with Crippen LogP contribution in [0.4, 0.5) is 45.5 Å². The maximum atomic E-state index is 5.60. The summed E-state index contributed by atoms with van der Waals surface area (Å²) in [4.78, 5) is 6.93. The van der Waals surface area contributed by atoms with Gasteiger partial charge in [-0.15, -0.1) is 0 Å². The number of hydrogen-bond donors (Lipinski definition) is 0. The highest BCUT2D eigenvalue weighted by atomic mass is 127. The van der Waals surface area contributed by atoms with Gasteiger partial charge in [0.05, 0.1) is 7.11 Å². The number of anilines is 8. The number of alkyl halides is 1. The van der Waals surface area contributed by atoms with E-state index in [1.54, 1.807) is 7.11 Å². The lowest BCUT2D eigenvalue weighted by molar-refractivity contribution is 0.414. The fourth-order valence-electron chi connectivity index (χ4n) is 8.26. The molecule has 0 bridgehead atoms. The minimum atomic E-state index is 0.429. The number of hydrogen-bond acceptors (Lipinski definition) is 4. The highest BCUT2D eigenvalue weighted by Gasteiger charge is 2.17. The van der Waals surface area contributed by atoms with Crippen molar-refractivity contribution in [2.75, 3.05) is 21.8 Å². The van der Waals surface area contributed by atoms with Crippen LogP contribution in [0.1, 0.15) is 58.4 Å². The Balaban J connectivity index is 1.00. The SMILES string of the molecule is C/C=C(\C=C/C(C)I)N(c1ccc(C)cc1)c1ccc(/C=C/c2ccc(N(c3ccc(/C=C/c4ccc(N(c5ccc(C)cc5)c5ccc(C)cc5)cc4)cc3)c3ccc(OC)cc3C)cc2)cc1. The second kappa shape index (κ2) is 22.6. The van der Waals surface area contributed by atoms with E-state index in [1.807, 2.05) is 6.07 Å². The fraction of sp³-hybridized carbons (Fsp3) is 0.125. The van der Waals surface area contributed by atoms with E-state index < -0.39 is 0 Å². The molecule has 0 heterocycles. The highest BCUT2D eigenvalue weighted by Crippen LogP contribution is 2.39. The van der Waals surface area contributed by atoms with Crippen molar-refractivity contribution in [3.8, 4) is 5.75 Å². The maximum absolute atomic E-state index is 5.60. The van der Waals surface area contributed by atoms with Crippen molar-refractivity contribution in [1.29, 1.82) is 0 Å². The lowest BCUT2D eigenvalue weighted by atomic mass is 10.1. The minimum Gasteiger partial charge on any atom is -0.497 e. The van der Waals surface area contributed by atoms with Gasteiger partial charge in [0.1, 0.15) is 5.75 Å². The smallest absolute Gasteiger partial charge is 0.119 e. The molecule has 8 rings (SSSR count). The van der Waals surface area contributed by atoms with Crippen molar-refractivity contribution in [3.05, 3.63) is 256 Å². The van der Waals surface area contributed by atoms with Crippen molar-refractivity contribution in [1.82, 2.24) is 0 Å². The minimum absolute atomic E-state index is 0.429. The topological polar surface area (TPSA) is 19.0 Å². The molecule has 0 aromatic heterocycles. The average molecular weight is 1010 g/mol. The third kappa shape index (κ3) is 12.2. The zero-order valence-electron chi connectivity index (χ0n) is 40.6. The predicted molar refractivity (Wildman–Crippen MR) is 307 cm³/mol. The molecule has 5 heteroatoms. The van der Waals surface area contributed by atoms with E-state index in [2.05, 4.69) is 303 Å². The van der Waals surface area contributed by atoms with E-state index in [4.69, 9.17) is 4.74 Å². The van der Waals surface area contributed by atoms with E-state index in [-0.39, 0.29) is 0 Å². The second-order valence-corrected chi connectivity index (χ2v) is 19.4. The molecule has 8 aromatic carbocycles. The molecule has 0 fully saturated rings. The average Bonchev–Trinajstić information content (AvgIpc) is 3.37. The number of benzene rings is 8. The Morgan fingerprint density at radius 1 is 0.449 bits per heavy atom. The van der Waals surface area contributed by atoms with Crippen LogP contribution in [0.3, 0.4) is 0 Å². The van der Waals surface area contributed by atoms with E-state index >= 15 is 0 Å². The molecule has 1 atom stereocenters. The number of aryl methyl sites for hydroxylation is 4. The summed E-state index contributed by atoms with van der Waals surface area (Å²) in [6.07, 6.45) is 15.3. The summed E-state index contributed by atoms with van der Waals surface area (Å²) in [5.41, 5.74) is 19.3.